The second-order valence-corrected chi connectivity index (χ2v) is 17.5. The Morgan fingerprint density at radius 3 is 1.80 bits per heavy atom. The number of benzene rings is 10. The van der Waals surface area contributed by atoms with Crippen molar-refractivity contribution in [2.24, 2.45) is 0 Å². The minimum absolute atomic E-state index is 0.892. The van der Waals surface area contributed by atoms with E-state index in [2.05, 4.69) is 240 Å². The topological polar surface area (TPSA) is 21.3 Å². The van der Waals surface area contributed by atoms with E-state index in [-0.39, 0.29) is 0 Å². The molecular weight excluding hydrogens is 797 g/mol. The molecule has 0 bridgehead atoms. The van der Waals surface area contributed by atoms with Crippen molar-refractivity contribution < 1.29 is 4.42 Å². The predicted octanol–water partition coefficient (Wildman–Crippen LogP) is 17.5. The van der Waals surface area contributed by atoms with Gasteiger partial charge in [0, 0.05) is 59.6 Å². The van der Waals surface area contributed by atoms with Gasteiger partial charge in [-0.2, -0.15) is 0 Å². The molecule has 4 heteroatoms. The number of nitrogens with zero attached hydrogens (tertiary/aromatic N) is 2. The molecule has 0 spiro atoms. The van der Waals surface area contributed by atoms with Gasteiger partial charge in [0.25, 0.3) is 0 Å². The van der Waals surface area contributed by atoms with Crippen molar-refractivity contribution in [2.45, 2.75) is 0 Å². The third kappa shape index (κ3) is 5.81. The maximum Gasteiger partial charge on any atom is 0.143 e. The third-order valence-corrected chi connectivity index (χ3v) is 14.0. The minimum atomic E-state index is 0.892. The van der Waals surface area contributed by atoms with E-state index in [0.717, 1.165) is 66.9 Å². The van der Waals surface area contributed by atoms with Gasteiger partial charge in [-0.1, -0.05) is 158 Å². The van der Waals surface area contributed by atoms with E-state index in [1.54, 1.807) is 0 Å². The first kappa shape index (κ1) is 36.5. The monoisotopic (exact) mass is 834 g/mol. The molecule has 0 aliphatic carbocycles. The summed E-state index contributed by atoms with van der Waals surface area (Å²) in [5.41, 5.74) is 15.7. The van der Waals surface area contributed by atoms with E-state index in [0.29, 0.717) is 0 Å². The average Bonchev–Trinajstić information content (AvgIpc) is 4.05. The highest BCUT2D eigenvalue weighted by Crippen LogP contribution is 2.46. The maximum absolute atomic E-state index is 6.52. The zero-order valence-electron chi connectivity index (χ0n) is 34.7. The van der Waals surface area contributed by atoms with Crippen molar-refractivity contribution in [3.05, 3.63) is 231 Å². The standard InChI is InChI=1S/C60H38N2OS/c1-3-14-40(15-4-1)47-21-11-22-49-52-38-42(32-37-56(52)63-59(47)49)39-28-33-44(34-29-39)61(55-26-13-23-50-48-18-8-10-27-57(48)64-60(50)55)45-35-30-41(31-36-45)46-20-12-25-54-58(46)51-19-7-9-24-53(51)62(54)43-16-5-2-6-17-43/h1-38H. The van der Waals surface area contributed by atoms with Crippen LogP contribution >= 0.6 is 11.3 Å². The van der Waals surface area contributed by atoms with E-state index in [1.165, 1.54) is 53.1 Å². The number of fused-ring (bicyclic) bond motifs is 9. The second-order valence-electron chi connectivity index (χ2n) is 16.4. The molecule has 0 saturated heterocycles. The Kier molecular flexibility index (Phi) is 8.40. The molecule has 0 N–H and O–H groups in total. The average molecular weight is 835 g/mol. The lowest BCUT2D eigenvalue weighted by atomic mass is 9.98. The van der Waals surface area contributed by atoms with Crippen LogP contribution < -0.4 is 4.90 Å². The molecule has 300 valence electrons. The Morgan fingerprint density at radius 1 is 0.391 bits per heavy atom. The van der Waals surface area contributed by atoms with Crippen LogP contribution in [0.15, 0.2) is 235 Å². The van der Waals surface area contributed by atoms with Crippen molar-refractivity contribution in [3.63, 3.8) is 0 Å². The van der Waals surface area contributed by atoms with Crippen LogP contribution in [0.3, 0.4) is 0 Å². The lowest BCUT2D eigenvalue weighted by molar-refractivity contribution is 0.670. The van der Waals surface area contributed by atoms with Crippen molar-refractivity contribution in [3.8, 4) is 39.1 Å². The molecule has 0 radical (unpaired) electrons. The summed E-state index contributed by atoms with van der Waals surface area (Å²) < 4.78 is 11.5. The number of para-hydroxylation sites is 3. The summed E-state index contributed by atoms with van der Waals surface area (Å²) in [5.74, 6) is 0. The van der Waals surface area contributed by atoms with Crippen LogP contribution in [0.2, 0.25) is 0 Å². The van der Waals surface area contributed by atoms with Crippen molar-refractivity contribution in [1.82, 2.24) is 4.57 Å². The molecule has 64 heavy (non-hydrogen) atoms. The fraction of sp³-hybridized carbons (Fsp3) is 0. The molecule has 0 unspecified atom stereocenters. The summed E-state index contributed by atoms with van der Waals surface area (Å²) >= 11 is 1.86. The van der Waals surface area contributed by atoms with E-state index < -0.39 is 0 Å². The highest BCUT2D eigenvalue weighted by molar-refractivity contribution is 7.26. The quantitative estimate of drug-likeness (QED) is 0.159. The molecule has 0 saturated carbocycles. The van der Waals surface area contributed by atoms with Crippen LogP contribution in [0.1, 0.15) is 0 Å². The Morgan fingerprint density at radius 2 is 0.984 bits per heavy atom. The SMILES string of the molecule is c1ccc(-c2cccc3c2oc2ccc(-c4ccc(N(c5ccc(-c6cccc7c6c6ccccc6n7-c6ccccc6)cc5)c5cccc6c5sc5ccccc56)cc4)cc23)cc1. The van der Waals surface area contributed by atoms with Gasteiger partial charge in [-0.15, -0.1) is 11.3 Å². The van der Waals surface area contributed by atoms with Gasteiger partial charge in [-0.05, 0) is 101 Å². The van der Waals surface area contributed by atoms with Crippen LogP contribution in [-0.4, -0.2) is 4.57 Å². The van der Waals surface area contributed by atoms with Crippen LogP contribution in [0.5, 0.6) is 0 Å². The first-order valence-electron chi connectivity index (χ1n) is 21.7. The lowest BCUT2D eigenvalue weighted by Gasteiger charge is -2.26. The van der Waals surface area contributed by atoms with Gasteiger partial charge in [0.05, 0.1) is 21.4 Å². The lowest BCUT2D eigenvalue weighted by Crippen LogP contribution is -2.10. The Hall–Kier alpha value is -8.18. The summed E-state index contributed by atoms with van der Waals surface area (Å²) in [4.78, 5) is 2.42. The molecule has 10 aromatic carbocycles. The summed E-state index contributed by atoms with van der Waals surface area (Å²) in [6.45, 7) is 0. The number of hydrogen-bond donors (Lipinski definition) is 0. The number of thiophene rings is 1. The number of rotatable bonds is 7. The molecule has 13 rings (SSSR count). The summed E-state index contributed by atoms with van der Waals surface area (Å²) in [6, 6.07) is 83.3. The van der Waals surface area contributed by atoms with Gasteiger partial charge in [0.1, 0.15) is 11.2 Å². The number of aromatic nitrogens is 1. The van der Waals surface area contributed by atoms with Crippen molar-refractivity contribution >= 4 is 92.3 Å². The van der Waals surface area contributed by atoms with Gasteiger partial charge >= 0.3 is 0 Å². The Balaban J connectivity index is 0.926. The molecule has 3 aromatic heterocycles. The predicted molar refractivity (Wildman–Crippen MR) is 272 cm³/mol. The second kappa shape index (κ2) is 14.7. The smallest absolute Gasteiger partial charge is 0.143 e. The van der Waals surface area contributed by atoms with E-state index in [9.17, 15) is 0 Å². The van der Waals surface area contributed by atoms with Gasteiger partial charge in [-0.3, -0.25) is 0 Å². The largest absolute Gasteiger partial charge is 0.455 e. The summed E-state index contributed by atoms with van der Waals surface area (Å²) in [6.07, 6.45) is 0. The van der Waals surface area contributed by atoms with Crippen LogP contribution in [-0.2, 0) is 0 Å². The highest BCUT2D eigenvalue weighted by atomic mass is 32.1. The highest BCUT2D eigenvalue weighted by Gasteiger charge is 2.21. The zero-order valence-corrected chi connectivity index (χ0v) is 35.5. The Labute approximate surface area is 373 Å². The molecule has 0 aliphatic rings. The Bertz CT molecular complexity index is 3880. The first-order chi connectivity index (χ1) is 31.7. The van der Waals surface area contributed by atoms with Gasteiger partial charge in [-0.25, -0.2) is 0 Å². The number of furan rings is 1. The molecule has 3 heterocycles. The van der Waals surface area contributed by atoms with Crippen molar-refractivity contribution in [2.75, 3.05) is 4.90 Å². The van der Waals surface area contributed by atoms with Gasteiger partial charge in [0.2, 0.25) is 0 Å². The number of anilines is 3. The van der Waals surface area contributed by atoms with Crippen LogP contribution in [0, 0.1) is 0 Å². The van der Waals surface area contributed by atoms with Gasteiger partial charge in [0.15, 0.2) is 0 Å². The van der Waals surface area contributed by atoms with Gasteiger partial charge < -0.3 is 13.9 Å². The van der Waals surface area contributed by atoms with E-state index in [4.69, 9.17) is 4.42 Å². The normalized spacial score (nSPS) is 11.8. The molecule has 0 fully saturated rings. The fourth-order valence-electron chi connectivity index (χ4n) is 9.87. The zero-order chi connectivity index (χ0) is 42.1. The molecular formula is C60H38N2OS. The molecule has 0 aliphatic heterocycles. The number of hydrogen-bond acceptors (Lipinski definition) is 3. The maximum atomic E-state index is 6.52. The van der Waals surface area contributed by atoms with Crippen LogP contribution in [0.25, 0.3) is 103 Å². The molecule has 13 aromatic rings. The molecule has 0 amide bonds. The van der Waals surface area contributed by atoms with E-state index >= 15 is 0 Å². The van der Waals surface area contributed by atoms with E-state index in [1.807, 2.05) is 11.3 Å². The van der Waals surface area contributed by atoms with Crippen molar-refractivity contribution in [1.29, 1.82) is 0 Å². The molecule has 3 nitrogen and oxygen atoms in total. The first-order valence-corrected chi connectivity index (χ1v) is 22.6. The van der Waals surface area contributed by atoms with Crippen LogP contribution in [0.4, 0.5) is 17.1 Å². The third-order valence-electron chi connectivity index (χ3n) is 12.8. The summed E-state index contributed by atoms with van der Waals surface area (Å²) in [7, 11) is 0. The minimum Gasteiger partial charge on any atom is -0.455 e. The fourth-order valence-corrected chi connectivity index (χ4v) is 11.1. The molecule has 0 atom stereocenters. The summed E-state index contributed by atoms with van der Waals surface area (Å²) in [5, 5.41) is 7.31.